The number of allylic oxidation sites excluding steroid dienone is 1. The van der Waals surface area contributed by atoms with Gasteiger partial charge in [-0.1, -0.05) is 30.4 Å². The van der Waals surface area contributed by atoms with Gasteiger partial charge in [-0.15, -0.1) is 11.5 Å². The molecule has 2 nitrogen and oxygen atoms in total. The molecule has 0 saturated carbocycles. The monoisotopic (exact) mass is 226 g/mol. The molecule has 1 aromatic carbocycles. The predicted octanol–water partition coefficient (Wildman–Crippen LogP) is -5.13. The molecule has 0 N–H and O–H groups in total. The Morgan fingerprint density at radius 3 is 2.15 bits per heavy atom. The fourth-order valence-electron chi connectivity index (χ4n) is 0.821. The fraction of sp³-hybridized carbons (Fsp3) is 0.111. The van der Waals surface area contributed by atoms with Gasteiger partial charge in [0.25, 0.3) is 0 Å². The van der Waals surface area contributed by atoms with Gasteiger partial charge in [-0.25, -0.2) is 0 Å². The largest absolute Gasteiger partial charge is 1.00 e. The van der Waals surface area contributed by atoms with Gasteiger partial charge in [0.1, 0.15) is 0 Å². The minimum atomic E-state index is -0.446. The number of hydrogen-bond donors (Lipinski definition) is 0. The van der Waals surface area contributed by atoms with Crippen LogP contribution in [0, 0.1) is 0 Å². The number of hydrogen-bond acceptors (Lipinski definition) is 2. The van der Waals surface area contributed by atoms with Crippen molar-refractivity contribution < 1.29 is 113 Å². The van der Waals surface area contributed by atoms with Gasteiger partial charge < -0.3 is 10.2 Å². The van der Waals surface area contributed by atoms with Gasteiger partial charge in [0.05, 0.1) is 0 Å². The van der Waals surface area contributed by atoms with Crippen LogP contribution in [0.3, 0.4) is 0 Å². The van der Waals surface area contributed by atoms with Crippen LogP contribution in [0.15, 0.2) is 24.3 Å². The molecular formula is C9H8K2O2. The van der Waals surface area contributed by atoms with E-state index in [0.717, 1.165) is 5.56 Å². The van der Waals surface area contributed by atoms with Gasteiger partial charge in [-0.3, -0.25) is 0 Å². The van der Waals surface area contributed by atoms with Crippen molar-refractivity contribution in [2.75, 3.05) is 0 Å². The van der Waals surface area contributed by atoms with E-state index in [0.29, 0.717) is 0 Å². The molecule has 0 aliphatic heterocycles. The summed E-state index contributed by atoms with van der Waals surface area (Å²) >= 11 is 0. The average molecular weight is 226 g/mol. The Labute approximate surface area is 163 Å². The zero-order chi connectivity index (χ0) is 8.27. The first-order chi connectivity index (χ1) is 5.24. The molecule has 0 amide bonds. The van der Waals surface area contributed by atoms with Crippen molar-refractivity contribution in [1.82, 2.24) is 0 Å². The van der Waals surface area contributed by atoms with E-state index in [9.17, 15) is 10.2 Å². The molecule has 4 heteroatoms. The molecular weight excluding hydrogens is 218 g/mol. The molecule has 0 atom stereocenters. The summed E-state index contributed by atoms with van der Waals surface area (Å²) in [6.45, 7) is 1.86. The van der Waals surface area contributed by atoms with Crippen molar-refractivity contribution in [3.8, 4) is 11.5 Å². The molecule has 0 spiro atoms. The van der Waals surface area contributed by atoms with Crippen LogP contribution >= 0.6 is 0 Å². The van der Waals surface area contributed by atoms with Crippen LogP contribution in [-0.4, -0.2) is 0 Å². The fourth-order valence-corrected chi connectivity index (χ4v) is 0.821. The Morgan fingerprint density at radius 2 is 1.69 bits per heavy atom. The van der Waals surface area contributed by atoms with Gasteiger partial charge in [0.15, 0.2) is 0 Å². The normalized spacial score (nSPS) is 9.00. The second-order valence-corrected chi connectivity index (χ2v) is 2.21. The molecule has 0 radical (unpaired) electrons. The average Bonchev–Trinajstić information content (AvgIpc) is 1.98. The van der Waals surface area contributed by atoms with E-state index in [2.05, 4.69) is 0 Å². The zero-order valence-corrected chi connectivity index (χ0v) is 14.4. The quantitative estimate of drug-likeness (QED) is 0.450. The van der Waals surface area contributed by atoms with E-state index < -0.39 is 11.5 Å². The molecule has 0 unspecified atom stereocenters. The van der Waals surface area contributed by atoms with E-state index in [1.54, 1.807) is 12.1 Å². The third-order valence-corrected chi connectivity index (χ3v) is 1.33. The molecule has 1 rings (SSSR count). The molecule has 1 aromatic rings. The van der Waals surface area contributed by atoms with Crippen LogP contribution in [0.2, 0.25) is 0 Å². The predicted molar refractivity (Wildman–Crippen MR) is 40.0 cm³/mol. The van der Waals surface area contributed by atoms with Gasteiger partial charge in [0, 0.05) is 0 Å². The maximum absolute atomic E-state index is 10.8. The summed E-state index contributed by atoms with van der Waals surface area (Å²) < 4.78 is 0. The summed E-state index contributed by atoms with van der Waals surface area (Å²) in [7, 11) is 0. The minimum absolute atomic E-state index is 0. The maximum Gasteiger partial charge on any atom is 1.00 e. The molecule has 0 aromatic heterocycles. The van der Waals surface area contributed by atoms with Crippen LogP contribution in [0.1, 0.15) is 12.5 Å². The Bertz CT molecular complexity index is 285. The first-order valence-electron chi connectivity index (χ1n) is 3.35. The van der Waals surface area contributed by atoms with Gasteiger partial charge >= 0.3 is 103 Å². The third kappa shape index (κ3) is 6.09. The summed E-state index contributed by atoms with van der Waals surface area (Å²) in [5.74, 6) is -0.890. The number of benzene rings is 1. The van der Waals surface area contributed by atoms with Gasteiger partial charge in [-0.2, -0.15) is 0 Å². The zero-order valence-electron chi connectivity index (χ0n) is 8.20. The second kappa shape index (κ2) is 9.09. The SMILES string of the molecule is C/C=C/c1ccc([O-])c([O-])c1.[K+].[K+]. The standard InChI is InChI=1S/C9H10O2.2K/c1-2-3-7-4-5-8(10)9(11)6-7;;/h2-6,10-11H,1H3;;/q;2*+1/p-2/b3-2+;;. The van der Waals surface area contributed by atoms with E-state index in [4.69, 9.17) is 0 Å². The Kier molecular flexibility index (Phi) is 12.0. The Balaban J connectivity index is 0. The minimum Gasteiger partial charge on any atom is -0.873 e. The van der Waals surface area contributed by atoms with Crippen molar-refractivity contribution in [2.45, 2.75) is 6.92 Å². The van der Waals surface area contributed by atoms with E-state index in [1.807, 2.05) is 13.0 Å². The molecule has 0 heterocycles. The summed E-state index contributed by atoms with van der Waals surface area (Å²) in [5, 5.41) is 21.4. The van der Waals surface area contributed by atoms with Crippen molar-refractivity contribution in [1.29, 1.82) is 0 Å². The van der Waals surface area contributed by atoms with Crippen molar-refractivity contribution in [3.05, 3.63) is 29.8 Å². The molecule has 58 valence electrons. The van der Waals surface area contributed by atoms with Crippen LogP contribution < -0.4 is 113 Å². The van der Waals surface area contributed by atoms with E-state index in [1.165, 1.54) is 12.1 Å². The molecule has 0 saturated heterocycles. The van der Waals surface area contributed by atoms with Crippen LogP contribution in [-0.2, 0) is 0 Å². The van der Waals surface area contributed by atoms with Crippen LogP contribution in [0.5, 0.6) is 11.5 Å². The first kappa shape index (κ1) is 17.2. The van der Waals surface area contributed by atoms with Gasteiger partial charge in [-0.05, 0) is 12.5 Å². The van der Waals surface area contributed by atoms with Crippen molar-refractivity contribution in [2.24, 2.45) is 0 Å². The van der Waals surface area contributed by atoms with Crippen molar-refractivity contribution >= 4 is 6.08 Å². The molecule has 0 fully saturated rings. The molecule has 0 aliphatic rings. The summed E-state index contributed by atoms with van der Waals surface area (Å²) in [6, 6.07) is 4.25. The van der Waals surface area contributed by atoms with Crippen LogP contribution in [0.25, 0.3) is 6.08 Å². The topological polar surface area (TPSA) is 46.1 Å². The summed E-state index contributed by atoms with van der Waals surface area (Å²) in [4.78, 5) is 0. The Hall–Kier alpha value is 1.83. The van der Waals surface area contributed by atoms with Gasteiger partial charge in [0.2, 0.25) is 0 Å². The Morgan fingerprint density at radius 1 is 1.08 bits per heavy atom. The summed E-state index contributed by atoms with van der Waals surface area (Å²) in [5.41, 5.74) is 0.775. The smallest absolute Gasteiger partial charge is 0.873 e. The first-order valence-corrected chi connectivity index (χ1v) is 3.35. The van der Waals surface area contributed by atoms with E-state index in [-0.39, 0.29) is 103 Å². The molecule has 0 aliphatic carbocycles. The van der Waals surface area contributed by atoms with Crippen molar-refractivity contribution in [3.63, 3.8) is 0 Å². The molecule has 0 bridgehead atoms. The van der Waals surface area contributed by atoms with Crippen LogP contribution in [0.4, 0.5) is 0 Å². The molecule has 13 heavy (non-hydrogen) atoms. The maximum atomic E-state index is 10.8. The summed E-state index contributed by atoms with van der Waals surface area (Å²) in [6.07, 6.45) is 3.60. The second-order valence-electron chi connectivity index (χ2n) is 2.21. The van der Waals surface area contributed by atoms with E-state index >= 15 is 0 Å². The number of rotatable bonds is 1. The third-order valence-electron chi connectivity index (χ3n) is 1.33.